The van der Waals surface area contributed by atoms with Gasteiger partial charge >= 0.3 is 0 Å². The summed E-state index contributed by atoms with van der Waals surface area (Å²) in [7, 11) is 1.66. The fourth-order valence-electron chi connectivity index (χ4n) is 5.71. The van der Waals surface area contributed by atoms with Crippen LogP contribution >= 0.6 is 0 Å². The number of ether oxygens (including phenoxy) is 2. The topological polar surface area (TPSA) is 93.3 Å². The minimum Gasteiger partial charge on any atom is -0.370 e. The summed E-state index contributed by atoms with van der Waals surface area (Å²) in [6, 6.07) is 3.30. The van der Waals surface area contributed by atoms with Crippen LogP contribution in [-0.4, -0.2) is 47.9 Å². The molecule has 3 unspecified atom stereocenters. The lowest BCUT2D eigenvalue weighted by molar-refractivity contribution is -0.125. The standard InChI is InChI=1S/C23H26FN5O4/c1-22(9-6-12-32-22)29-17-14(24)7-5-8-15(17)28-13-25-16(18(28)20(29)30)19-26-21(27-33-19)23(31-2)10-3-4-11-23/h5,7-8,13,16,18H,3-4,6,9-12H2,1-2H3. The molecule has 0 radical (unpaired) electrons. The van der Waals surface area contributed by atoms with Crippen molar-refractivity contribution in [1.82, 2.24) is 10.1 Å². The minimum atomic E-state index is -0.933. The molecule has 4 heterocycles. The zero-order valence-electron chi connectivity index (χ0n) is 18.7. The van der Waals surface area contributed by atoms with Gasteiger partial charge in [-0.3, -0.25) is 14.7 Å². The predicted octanol–water partition coefficient (Wildman–Crippen LogP) is 3.46. The minimum absolute atomic E-state index is 0.214. The average molecular weight is 455 g/mol. The normalized spacial score (nSPS) is 30.2. The van der Waals surface area contributed by atoms with E-state index in [1.54, 1.807) is 30.5 Å². The Morgan fingerprint density at radius 1 is 1.21 bits per heavy atom. The lowest BCUT2D eigenvalue weighted by Crippen LogP contribution is -2.60. The summed E-state index contributed by atoms with van der Waals surface area (Å²) < 4.78 is 32.4. The van der Waals surface area contributed by atoms with Crippen molar-refractivity contribution in [2.24, 2.45) is 4.99 Å². The molecule has 1 saturated carbocycles. The van der Waals surface area contributed by atoms with E-state index in [4.69, 9.17) is 14.0 Å². The van der Waals surface area contributed by atoms with Crippen molar-refractivity contribution < 1.29 is 23.2 Å². The Morgan fingerprint density at radius 3 is 2.76 bits per heavy atom. The van der Waals surface area contributed by atoms with Gasteiger partial charge < -0.3 is 18.9 Å². The largest absolute Gasteiger partial charge is 0.370 e. The smallest absolute Gasteiger partial charge is 0.255 e. The number of nitrogens with zero attached hydrogens (tertiary/aromatic N) is 5. The third-order valence-corrected chi connectivity index (χ3v) is 7.47. The first-order valence-electron chi connectivity index (χ1n) is 11.4. The monoisotopic (exact) mass is 455 g/mol. The molecule has 0 bridgehead atoms. The van der Waals surface area contributed by atoms with Gasteiger partial charge in [0.25, 0.3) is 11.8 Å². The zero-order chi connectivity index (χ0) is 22.8. The molecule has 10 heteroatoms. The van der Waals surface area contributed by atoms with Crippen LogP contribution in [0.4, 0.5) is 15.8 Å². The molecule has 0 N–H and O–H groups in total. The average Bonchev–Trinajstić information content (AvgIpc) is 3.60. The molecule has 3 aliphatic heterocycles. The predicted molar refractivity (Wildman–Crippen MR) is 116 cm³/mol. The van der Waals surface area contributed by atoms with Crippen LogP contribution in [0.15, 0.2) is 27.7 Å². The second-order valence-corrected chi connectivity index (χ2v) is 9.33. The fourth-order valence-corrected chi connectivity index (χ4v) is 5.71. The van der Waals surface area contributed by atoms with Crippen LogP contribution in [0.5, 0.6) is 0 Å². The Bertz CT molecular complexity index is 1120. The molecule has 6 rings (SSSR count). The summed E-state index contributed by atoms with van der Waals surface area (Å²) in [6.45, 7) is 2.35. The van der Waals surface area contributed by atoms with E-state index in [1.807, 2.05) is 6.92 Å². The van der Waals surface area contributed by atoms with Gasteiger partial charge in [0, 0.05) is 13.7 Å². The highest BCUT2D eigenvalue weighted by atomic mass is 19.1. The van der Waals surface area contributed by atoms with E-state index in [1.165, 1.54) is 11.0 Å². The van der Waals surface area contributed by atoms with E-state index in [0.29, 0.717) is 24.5 Å². The number of carbonyl (C=O) groups is 1. The van der Waals surface area contributed by atoms with E-state index >= 15 is 4.39 Å². The lowest BCUT2D eigenvalue weighted by Gasteiger charge is -2.45. The Morgan fingerprint density at radius 2 is 2.03 bits per heavy atom. The van der Waals surface area contributed by atoms with Crippen molar-refractivity contribution in [2.45, 2.75) is 68.9 Å². The highest BCUT2D eigenvalue weighted by Crippen LogP contribution is 2.48. The third-order valence-electron chi connectivity index (χ3n) is 7.47. The van der Waals surface area contributed by atoms with Crippen LogP contribution < -0.4 is 9.80 Å². The van der Waals surface area contributed by atoms with Crippen molar-refractivity contribution in [3.05, 3.63) is 35.7 Å². The summed E-state index contributed by atoms with van der Waals surface area (Å²) in [6.07, 6.45) is 6.68. The molecule has 1 saturated heterocycles. The van der Waals surface area contributed by atoms with Gasteiger partial charge in [0.15, 0.2) is 6.04 Å². The van der Waals surface area contributed by atoms with E-state index in [0.717, 1.165) is 32.1 Å². The summed E-state index contributed by atoms with van der Waals surface area (Å²) in [5.74, 6) is -0.0377. The molecule has 1 aromatic carbocycles. The van der Waals surface area contributed by atoms with Crippen LogP contribution in [-0.2, 0) is 19.9 Å². The lowest BCUT2D eigenvalue weighted by atomic mass is 9.97. The van der Waals surface area contributed by atoms with Crippen LogP contribution in [0.3, 0.4) is 0 Å². The third kappa shape index (κ3) is 2.90. The molecular formula is C23H26FN5O4. The number of para-hydroxylation sites is 1. The quantitative estimate of drug-likeness (QED) is 0.697. The number of carbonyl (C=O) groups excluding carboxylic acids is 1. The number of rotatable bonds is 4. The van der Waals surface area contributed by atoms with Gasteiger partial charge in [-0.25, -0.2) is 4.39 Å². The van der Waals surface area contributed by atoms with Gasteiger partial charge in [-0.2, -0.15) is 4.98 Å². The Labute approximate surface area is 190 Å². The number of fused-ring (bicyclic) bond motifs is 3. The van der Waals surface area contributed by atoms with Gasteiger partial charge in [0.2, 0.25) is 5.82 Å². The number of hydrogen-bond donors (Lipinski definition) is 0. The second kappa shape index (κ2) is 7.33. The molecule has 2 fully saturated rings. The van der Waals surface area contributed by atoms with Crippen LogP contribution in [0.2, 0.25) is 0 Å². The number of aliphatic imine (C=N–C) groups is 1. The summed E-state index contributed by atoms with van der Waals surface area (Å²) in [5, 5.41) is 4.20. The molecule has 3 atom stereocenters. The number of halogens is 1. The Hall–Kier alpha value is -2.85. The highest BCUT2D eigenvalue weighted by molar-refractivity contribution is 6.12. The number of aromatic nitrogens is 2. The molecule has 1 amide bonds. The number of amides is 1. The van der Waals surface area contributed by atoms with Crippen molar-refractivity contribution in [3.8, 4) is 0 Å². The fraction of sp³-hybridized carbons (Fsp3) is 0.565. The molecule has 2 aromatic rings. The number of hydrogen-bond acceptors (Lipinski definition) is 8. The SMILES string of the molecule is COC1(c2noc(C3N=CN4c5cccc(F)c5N(C5(C)CCCO5)C(=O)C34)n2)CCCC1. The van der Waals surface area contributed by atoms with Gasteiger partial charge in [-0.15, -0.1) is 0 Å². The van der Waals surface area contributed by atoms with Crippen LogP contribution in [0.1, 0.15) is 63.2 Å². The van der Waals surface area contributed by atoms with Gasteiger partial charge in [0.05, 0.1) is 12.0 Å². The Balaban J connectivity index is 1.41. The summed E-state index contributed by atoms with van der Waals surface area (Å²) in [4.78, 5) is 26.3. The first-order valence-corrected chi connectivity index (χ1v) is 11.4. The van der Waals surface area contributed by atoms with Crippen molar-refractivity contribution in [1.29, 1.82) is 0 Å². The molecule has 33 heavy (non-hydrogen) atoms. The Kier molecular flexibility index (Phi) is 4.60. The van der Waals surface area contributed by atoms with Crippen molar-refractivity contribution in [2.75, 3.05) is 23.5 Å². The molecular weight excluding hydrogens is 429 g/mol. The van der Waals surface area contributed by atoms with Gasteiger partial charge in [-0.1, -0.05) is 11.2 Å². The maximum Gasteiger partial charge on any atom is 0.255 e. The highest BCUT2D eigenvalue weighted by Gasteiger charge is 2.54. The van der Waals surface area contributed by atoms with Gasteiger partial charge in [0.1, 0.15) is 28.9 Å². The van der Waals surface area contributed by atoms with Crippen molar-refractivity contribution in [3.63, 3.8) is 0 Å². The second-order valence-electron chi connectivity index (χ2n) is 9.33. The number of methoxy groups -OCH3 is 1. The van der Waals surface area contributed by atoms with Crippen LogP contribution in [0.25, 0.3) is 0 Å². The maximum absolute atomic E-state index is 15.1. The zero-order valence-corrected chi connectivity index (χ0v) is 18.7. The molecule has 1 aliphatic carbocycles. The van der Waals surface area contributed by atoms with Crippen LogP contribution in [0, 0.1) is 5.82 Å². The molecule has 4 aliphatic rings. The summed E-state index contributed by atoms with van der Waals surface area (Å²) >= 11 is 0. The summed E-state index contributed by atoms with van der Waals surface area (Å²) in [5.41, 5.74) is -0.720. The molecule has 9 nitrogen and oxygen atoms in total. The number of anilines is 2. The maximum atomic E-state index is 15.1. The molecule has 174 valence electrons. The van der Waals surface area contributed by atoms with E-state index in [2.05, 4.69) is 15.1 Å². The molecule has 0 spiro atoms. The van der Waals surface area contributed by atoms with E-state index in [-0.39, 0.29) is 17.5 Å². The van der Waals surface area contributed by atoms with Gasteiger partial charge in [-0.05, 0) is 57.6 Å². The van der Waals surface area contributed by atoms with E-state index < -0.39 is 29.2 Å². The first kappa shape index (κ1) is 20.7. The first-order chi connectivity index (χ1) is 16.0. The van der Waals surface area contributed by atoms with E-state index in [9.17, 15) is 4.79 Å². The number of benzene rings is 1. The molecule has 1 aromatic heterocycles. The van der Waals surface area contributed by atoms with Crippen molar-refractivity contribution >= 4 is 23.6 Å².